The van der Waals surface area contributed by atoms with Crippen molar-refractivity contribution < 1.29 is 19.1 Å². The van der Waals surface area contributed by atoms with E-state index in [2.05, 4.69) is 36.5 Å². The molecule has 0 bridgehead atoms. The Bertz CT molecular complexity index is 1270. The van der Waals surface area contributed by atoms with Crippen LogP contribution in [0.15, 0.2) is 60.7 Å². The number of hydrogen-bond donors (Lipinski definition) is 1. The summed E-state index contributed by atoms with van der Waals surface area (Å²) in [7, 11) is 3.21. The molecule has 0 fully saturated rings. The minimum Gasteiger partial charge on any atom is -0.493 e. The van der Waals surface area contributed by atoms with Crippen molar-refractivity contribution in [2.75, 3.05) is 20.8 Å². The minimum atomic E-state index is -0.532. The number of carbonyl (C=O) groups is 2. The summed E-state index contributed by atoms with van der Waals surface area (Å²) in [5.41, 5.74) is 5.68. The van der Waals surface area contributed by atoms with Gasteiger partial charge in [0.2, 0.25) is 5.91 Å². The lowest BCUT2D eigenvalue weighted by atomic mass is 9.75. The third kappa shape index (κ3) is 4.03. The van der Waals surface area contributed by atoms with Crippen molar-refractivity contribution in [2.24, 2.45) is 0 Å². The summed E-state index contributed by atoms with van der Waals surface area (Å²) < 4.78 is 11.1. The third-order valence-corrected chi connectivity index (χ3v) is 7.21. The van der Waals surface area contributed by atoms with Gasteiger partial charge in [0.1, 0.15) is 0 Å². The molecule has 2 aliphatic heterocycles. The molecular formula is C29H30N2O4. The highest BCUT2D eigenvalue weighted by molar-refractivity contribution is 6.01. The molecule has 6 heteroatoms. The number of carbonyl (C=O) groups excluding carboxylic acids is 2. The Kier molecular flexibility index (Phi) is 6.20. The predicted octanol–water partition coefficient (Wildman–Crippen LogP) is 4.42. The minimum absolute atomic E-state index is 0.0368. The topological polar surface area (TPSA) is 67.9 Å². The first kappa shape index (κ1) is 23.0. The van der Waals surface area contributed by atoms with Crippen molar-refractivity contribution in [3.8, 4) is 11.5 Å². The van der Waals surface area contributed by atoms with Gasteiger partial charge in [-0.15, -0.1) is 0 Å². The van der Waals surface area contributed by atoms with Crippen LogP contribution in [0, 0.1) is 0 Å². The first-order valence-electron chi connectivity index (χ1n) is 12.1. The molecule has 0 radical (unpaired) electrons. The Hall–Kier alpha value is -3.80. The van der Waals surface area contributed by atoms with E-state index >= 15 is 0 Å². The summed E-state index contributed by atoms with van der Waals surface area (Å²) in [4.78, 5) is 29.1. The van der Waals surface area contributed by atoms with Gasteiger partial charge in [-0.2, -0.15) is 0 Å². The van der Waals surface area contributed by atoms with E-state index in [1.54, 1.807) is 14.2 Å². The van der Waals surface area contributed by atoms with Crippen molar-refractivity contribution in [1.29, 1.82) is 0 Å². The van der Waals surface area contributed by atoms with Gasteiger partial charge < -0.3 is 19.7 Å². The third-order valence-electron chi connectivity index (χ3n) is 7.21. The molecule has 0 aliphatic carbocycles. The highest BCUT2D eigenvalue weighted by Crippen LogP contribution is 2.48. The molecule has 3 aromatic carbocycles. The summed E-state index contributed by atoms with van der Waals surface area (Å²) in [6, 6.07) is 19.2. The number of nitrogens with one attached hydrogen (secondary N) is 1. The first-order valence-corrected chi connectivity index (χ1v) is 12.1. The van der Waals surface area contributed by atoms with Crippen molar-refractivity contribution in [2.45, 2.75) is 38.3 Å². The fourth-order valence-corrected chi connectivity index (χ4v) is 5.33. The van der Waals surface area contributed by atoms with Crippen LogP contribution in [0.4, 0.5) is 0 Å². The zero-order chi connectivity index (χ0) is 24.5. The van der Waals surface area contributed by atoms with Crippen LogP contribution in [0.1, 0.15) is 57.1 Å². The predicted molar refractivity (Wildman–Crippen MR) is 134 cm³/mol. The number of benzene rings is 3. The molecule has 180 valence electrons. The summed E-state index contributed by atoms with van der Waals surface area (Å²) in [5, 5.41) is 3.14. The highest BCUT2D eigenvalue weighted by Gasteiger charge is 2.46. The number of nitrogens with zero attached hydrogens (tertiary/aromatic N) is 1. The van der Waals surface area contributed by atoms with Crippen molar-refractivity contribution in [3.63, 3.8) is 0 Å². The van der Waals surface area contributed by atoms with E-state index in [0.29, 0.717) is 36.6 Å². The molecule has 2 heterocycles. The lowest BCUT2D eigenvalue weighted by Crippen LogP contribution is -2.50. The largest absolute Gasteiger partial charge is 0.493 e. The fraction of sp³-hybridized carbons (Fsp3) is 0.310. The molecule has 3 aromatic rings. The molecule has 0 saturated heterocycles. The van der Waals surface area contributed by atoms with Gasteiger partial charge in [0.05, 0.1) is 26.2 Å². The lowest BCUT2D eigenvalue weighted by Gasteiger charge is -2.45. The Morgan fingerprint density at radius 3 is 2.37 bits per heavy atom. The van der Waals surface area contributed by atoms with Gasteiger partial charge in [-0.1, -0.05) is 49.4 Å². The molecule has 0 spiro atoms. The monoisotopic (exact) mass is 470 g/mol. The molecule has 0 aromatic heterocycles. The molecule has 2 aliphatic rings. The van der Waals surface area contributed by atoms with Crippen LogP contribution < -0.4 is 14.8 Å². The second-order valence-corrected chi connectivity index (χ2v) is 9.05. The maximum absolute atomic E-state index is 13.8. The van der Waals surface area contributed by atoms with Crippen LogP contribution in [-0.4, -0.2) is 37.5 Å². The number of hydrogen-bond acceptors (Lipinski definition) is 4. The van der Waals surface area contributed by atoms with E-state index in [0.717, 1.165) is 28.7 Å². The molecule has 6 nitrogen and oxygen atoms in total. The summed E-state index contributed by atoms with van der Waals surface area (Å²) in [6.07, 6.45) is 1.67. The van der Waals surface area contributed by atoms with E-state index in [9.17, 15) is 9.59 Å². The number of aryl methyl sites for hydroxylation is 1. The number of rotatable bonds is 6. The number of methoxy groups -OCH3 is 2. The average molecular weight is 471 g/mol. The van der Waals surface area contributed by atoms with Gasteiger partial charge in [-0.05, 0) is 58.9 Å². The fourth-order valence-electron chi connectivity index (χ4n) is 5.33. The maximum atomic E-state index is 13.8. The Morgan fingerprint density at radius 2 is 1.66 bits per heavy atom. The van der Waals surface area contributed by atoms with Crippen LogP contribution in [0.3, 0.4) is 0 Å². The van der Waals surface area contributed by atoms with Crippen molar-refractivity contribution >= 4 is 11.8 Å². The van der Waals surface area contributed by atoms with E-state index in [1.807, 2.05) is 41.3 Å². The average Bonchev–Trinajstić information content (AvgIpc) is 2.91. The van der Waals surface area contributed by atoms with Gasteiger partial charge >= 0.3 is 0 Å². The second-order valence-electron chi connectivity index (χ2n) is 9.05. The molecule has 0 saturated carbocycles. The van der Waals surface area contributed by atoms with Crippen LogP contribution >= 0.6 is 0 Å². The number of ether oxygens (including phenoxy) is 2. The highest BCUT2D eigenvalue weighted by atomic mass is 16.5. The summed E-state index contributed by atoms with van der Waals surface area (Å²) >= 11 is 0. The maximum Gasteiger partial charge on any atom is 0.254 e. The molecule has 5 rings (SSSR count). The summed E-state index contributed by atoms with van der Waals surface area (Å²) in [6.45, 7) is 3.10. The van der Waals surface area contributed by atoms with Crippen molar-refractivity contribution in [3.05, 3.63) is 94.0 Å². The molecule has 2 atom stereocenters. The lowest BCUT2D eigenvalue weighted by molar-refractivity contribution is -0.124. The number of amides is 2. The van der Waals surface area contributed by atoms with E-state index in [-0.39, 0.29) is 11.8 Å². The number of fused-ring (bicyclic) bond motifs is 4. The standard InChI is InChI=1S/C29H30N2O4/c1-4-18-9-11-19(12-10-18)17-30-28(32)26-21-7-5-6-8-22(21)29(33)31-14-13-20-15-24(34-2)25(35-3)16-23(20)27(26)31/h5-12,15-16,26-27H,4,13-14,17H2,1-3H3,(H,30,32). The molecular weight excluding hydrogens is 440 g/mol. The molecule has 35 heavy (non-hydrogen) atoms. The van der Waals surface area contributed by atoms with Gasteiger partial charge in [0.15, 0.2) is 11.5 Å². The van der Waals surface area contributed by atoms with Gasteiger partial charge in [0.25, 0.3) is 5.91 Å². The van der Waals surface area contributed by atoms with E-state index in [4.69, 9.17) is 9.47 Å². The van der Waals surface area contributed by atoms with Crippen LogP contribution in [-0.2, 0) is 24.2 Å². The first-order chi connectivity index (χ1) is 17.0. The zero-order valence-corrected chi connectivity index (χ0v) is 20.3. The molecule has 2 unspecified atom stereocenters. The van der Waals surface area contributed by atoms with Crippen molar-refractivity contribution in [1.82, 2.24) is 10.2 Å². The van der Waals surface area contributed by atoms with Crippen LogP contribution in [0.2, 0.25) is 0 Å². The quantitative estimate of drug-likeness (QED) is 0.579. The van der Waals surface area contributed by atoms with Crippen LogP contribution in [0.5, 0.6) is 11.5 Å². The van der Waals surface area contributed by atoms with Gasteiger partial charge in [-0.25, -0.2) is 0 Å². The SMILES string of the molecule is CCc1ccc(CNC(=O)C2c3ccccc3C(=O)N3CCc4cc(OC)c(OC)cc4C23)cc1. The Balaban J connectivity index is 1.55. The van der Waals surface area contributed by atoms with E-state index in [1.165, 1.54) is 5.56 Å². The van der Waals surface area contributed by atoms with Gasteiger partial charge in [0, 0.05) is 18.7 Å². The van der Waals surface area contributed by atoms with E-state index < -0.39 is 12.0 Å². The molecule has 2 amide bonds. The van der Waals surface area contributed by atoms with Gasteiger partial charge in [-0.3, -0.25) is 9.59 Å². The zero-order valence-electron chi connectivity index (χ0n) is 20.3. The smallest absolute Gasteiger partial charge is 0.254 e. The normalized spacial score (nSPS) is 18.3. The second kappa shape index (κ2) is 9.45. The Labute approximate surface area is 205 Å². The molecule has 1 N–H and O–H groups in total. The van der Waals surface area contributed by atoms with Crippen LogP contribution in [0.25, 0.3) is 0 Å². The summed E-state index contributed by atoms with van der Waals surface area (Å²) in [5.74, 6) is 0.580. The Morgan fingerprint density at radius 1 is 0.971 bits per heavy atom.